The van der Waals surface area contributed by atoms with Crippen LogP contribution in [0.2, 0.25) is 0 Å². The SMILES string of the molecule is CCC(C)(CNC(=O)OCC1c2ccccc2-c2ccccc21)C(=O)N(CCSC)CC(=O)O. The summed E-state index contributed by atoms with van der Waals surface area (Å²) in [5.41, 5.74) is 3.63. The number of rotatable bonds is 11. The van der Waals surface area contributed by atoms with Gasteiger partial charge < -0.3 is 20.1 Å². The van der Waals surface area contributed by atoms with Gasteiger partial charge in [0.25, 0.3) is 0 Å². The maximum Gasteiger partial charge on any atom is 0.407 e. The maximum absolute atomic E-state index is 13.2. The van der Waals surface area contributed by atoms with E-state index < -0.39 is 17.5 Å². The number of nitrogens with one attached hydrogen (secondary N) is 1. The first-order chi connectivity index (χ1) is 16.3. The van der Waals surface area contributed by atoms with Crippen LogP contribution in [0.15, 0.2) is 48.5 Å². The molecule has 8 heteroatoms. The van der Waals surface area contributed by atoms with Crippen molar-refractivity contribution in [3.63, 3.8) is 0 Å². The van der Waals surface area contributed by atoms with E-state index in [0.29, 0.717) is 18.7 Å². The summed E-state index contributed by atoms with van der Waals surface area (Å²) < 4.78 is 5.58. The standard InChI is InChI=1S/C26H32N2O5S/c1-4-26(2,24(31)28(13-14-34-3)15-23(29)30)17-27-25(32)33-16-22-20-11-7-5-9-18(20)19-10-6-8-12-21(19)22/h5-12,22H,4,13-17H2,1-3H3,(H,27,32)(H,29,30). The van der Waals surface area contributed by atoms with Gasteiger partial charge in [0.1, 0.15) is 13.2 Å². The lowest BCUT2D eigenvalue weighted by atomic mass is 9.85. The third-order valence-electron chi connectivity index (χ3n) is 6.44. The minimum atomic E-state index is -1.06. The van der Waals surface area contributed by atoms with Gasteiger partial charge in [0.2, 0.25) is 5.91 Å². The number of hydrogen-bond donors (Lipinski definition) is 2. The first kappa shape index (κ1) is 25.6. The van der Waals surface area contributed by atoms with Crippen LogP contribution in [0.4, 0.5) is 4.79 Å². The summed E-state index contributed by atoms with van der Waals surface area (Å²) in [5, 5.41) is 11.9. The number of carboxylic acid groups (broad SMARTS) is 1. The van der Waals surface area contributed by atoms with Crippen LogP contribution in [0.5, 0.6) is 0 Å². The molecule has 0 spiro atoms. The second-order valence-corrected chi connectivity index (χ2v) is 9.69. The van der Waals surface area contributed by atoms with Gasteiger partial charge in [-0.25, -0.2) is 4.79 Å². The average molecular weight is 485 g/mol. The van der Waals surface area contributed by atoms with E-state index in [2.05, 4.69) is 29.6 Å². The van der Waals surface area contributed by atoms with Crippen molar-refractivity contribution in [1.82, 2.24) is 10.2 Å². The Balaban J connectivity index is 1.62. The van der Waals surface area contributed by atoms with Gasteiger partial charge in [-0.1, -0.05) is 55.5 Å². The van der Waals surface area contributed by atoms with E-state index in [4.69, 9.17) is 4.74 Å². The number of amides is 2. The highest BCUT2D eigenvalue weighted by atomic mass is 32.2. The minimum Gasteiger partial charge on any atom is -0.480 e. The van der Waals surface area contributed by atoms with Crippen molar-refractivity contribution in [1.29, 1.82) is 0 Å². The van der Waals surface area contributed by atoms with Gasteiger partial charge in [-0.3, -0.25) is 9.59 Å². The van der Waals surface area contributed by atoms with Crippen molar-refractivity contribution in [3.05, 3.63) is 59.7 Å². The number of carbonyl (C=O) groups is 3. The van der Waals surface area contributed by atoms with Crippen LogP contribution < -0.4 is 5.32 Å². The predicted molar refractivity (Wildman–Crippen MR) is 134 cm³/mol. The Kier molecular flexibility index (Phi) is 8.61. The number of ether oxygens (including phenoxy) is 1. The monoisotopic (exact) mass is 484 g/mol. The zero-order valence-electron chi connectivity index (χ0n) is 19.9. The molecule has 2 N–H and O–H groups in total. The molecule has 3 rings (SSSR count). The highest BCUT2D eigenvalue weighted by Crippen LogP contribution is 2.44. The summed E-state index contributed by atoms with van der Waals surface area (Å²) in [6, 6.07) is 16.2. The molecule has 2 amide bonds. The van der Waals surface area contributed by atoms with Crippen LogP contribution in [0.25, 0.3) is 11.1 Å². The van der Waals surface area contributed by atoms with Crippen molar-refractivity contribution < 1.29 is 24.2 Å². The van der Waals surface area contributed by atoms with Crippen molar-refractivity contribution in [3.8, 4) is 11.1 Å². The number of benzene rings is 2. The Morgan fingerprint density at radius 1 is 1.09 bits per heavy atom. The molecule has 1 atom stereocenters. The smallest absolute Gasteiger partial charge is 0.407 e. The molecule has 182 valence electrons. The normalized spacial score (nSPS) is 14.0. The molecule has 0 fully saturated rings. The van der Waals surface area contributed by atoms with Gasteiger partial charge in [-0.05, 0) is 41.9 Å². The number of carboxylic acids is 1. The molecule has 0 aromatic heterocycles. The van der Waals surface area contributed by atoms with Crippen molar-refractivity contribution >= 4 is 29.7 Å². The van der Waals surface area contributed by atoms with E-state index in [1.807, 2.05) is 37.4 Å². The lowest BCUT2D eigenvalue weighted by molar-refractivity contribution is -0.149. The molecular formula is C26H32N2O5S. The summed E-state index contributed by atoms with van der Waals surface area (Å²) in [5.74, 6) is -0.753. The Morgan fingerprint density at radius 2 is 1.68 bits per heavy atom. The largest absolute Gasteiger partial charge is 0.480 e. The second kappa shape index (κ2) is 11.4. The maximum atomic E-state index is 13.2. The molecule has 1 unspecified atom stereocenters. The zero-order chi connectivity index (χ0) is 24.7. The molecule has 0 aliphatic heterocycles. The van der Waals surface area contributed by atoms with Gasteiger partial charge in [0.05, 0.1) is 5.41 Å². The molecule has 1 aliphatic carbocycles. The topological polar surface area (TPSA) is 95.9 Å². The summed E-state index contributed by atoms with van der Waals surface area (Å²) >= 11 is 1.54. The number of hydrogen-bond acceptors (Lipinski definition) is 5. The number of aliphatic carboxylic acids is 1. The Hall–Kier alpha value is -3.00. The molecule has 0 bridgehead atoms. The van der Waals surface area contributed by atoms with Gasteiger partial charge in [-0.15, -0.1) is 0 Å². The molecule has 0 radical (unpaired) electrons. The number of alkyl carbamates (subject to hydrolysis) is 1. The Bertz CT molecular complexity index is 998. The molecule has 34 heavy (non-hydrogen) atoms. The predicted octanol–water partition coefficient (Wildman–Crippen LogP) is 4.22. The van der Waals surface area contributed by atoms with Gasteiger partial charge >= 0.3 is 12.1 Å². The summed E-state index contributed by atoms with van der Waals surface area (Å²) in [6.07, 6.45) is 1.76. The Morgan fingerprint density at radius 3 is 2.21 bits per heavy atom. The number of thioether (sulfide) groups is 1. The lowest BCUT2D eigenvalue weighted by Crippen LogP contribution is -2.50. The summed E-state index contributed by atoms with van der Waals surface area (Å²) in [4.78, 5) is 38.3. The fraction of sp³-hybridized carbons (Fsp3) is 0.423. The molecule has 0 heterocycles. The first-order valence-electron chi connectivity index (χ1n) is 11.4. The number of carbonyl (C=O) groups excluding carboxylic acids is 2. The fourth-order valence-electron chi connectivity index (χ4n) is 4.27. The molecule has 0 saturated carbocycles. The van der Waals surface area contributed by atoms with Crippen LogP contribution in [0.1, 0.15) is 37.3 Å². The van der Waals surface area contributed by atoms with Crippen LogP contribution in [-0.4, -0.2) is 66.2 Å². The fourth-order valence-corrected chi connectivity index (χ4v) is 4.67. The van der Waals surface area contributed by atoms with E-state index in [1.54, 1.807) is 18.7 Å². The number of nitrogens with zero attached hydrogens (tertiary/aromatic N) is 1. The molecule has 0 saturated heterocycles. The van der Waals surface area contributed by atoms with Crippen LogP contribution >= 0.6 is 11.8 Å². The van der Waals surface area contributed by atoms with Crippen molar-refractivity contribution in [2.24, 2.45) is 5.41 Å². The van der Waals surface area contributed by atoms with Gasteiger partial charge in [-0.2, -0.15) is 11.8 Å². The summed E-state index contributed by atoms with van der Waals surface area (Å²) in [7, 11) is 0. The minimum absolute atomic E-state index is 0.0463. The summed E-state index contributed by atoms with van der Waals surface area (Å²) in [6.45, 7) is 3.83. The first-order valence-corrected chi connectivity index (χ1v) is 12.8. The van der Waals surface area contributed by atoms with Crippen molar-refractivity contribution in [2.45, 2.75) is 26.2 Å². The van der Waals surface area contributed by atoms with E-state index in [1.165, 1.54) is 4.90 Å². The molecular weight excluding hydrogens is 452 g/mol. The van der Waals surface area contributed by atoms with E-state index >= 15 is 0 Å². The number of fused-ring (bicyclic) bond motifs is 3. The highest BCUT2D eigenvalue weighted by Gasteiger charge is 2.36. The van der Waals surface area contributed by atoms with Crippen molar-refractivity contribution in [2.75, 3.05) is 38.2 Å². The second-order valence-electron chi connectivity index (χ2n) is 8.71. The van der Waals surface area contributed by atoms with E-state index in [-0.39, 0.29) is 31.5 Å². The third-order valence-corrected chi connectivity index (χ3v) is 7.03. The van der Waals surface area contributed by atoms with E-state index in [0.717, 1.165) is 22.3 Å². The van der Waals surface area contributed by atoms with Gasteiger partial charge in [0.15, 0.2) is 0 Å². The van der Waals surface area contributed by atoms with Gasteiger partial charge in [0, 0.05) is 24.8 Å². The highest BCUT2D eigenvalue weighted by molar-refractivity contribution is 7.98. The molecule has 1 aliphatic rings. The molecule has 2 aromatic rings. The lowest BCUT2D eigenvalue weighted by Gasteiger charge is -2.33. The Labute approximate surface area is 204 Å². The third kappa shape index (κ3) is 5.73. The van der Waals surface area contributed by atoms with E-state index in [9.17, 15) is 19.5 Å². The average Bonchev–Trinajstić information content (AvgIpc) is 3.16. The van der Waals surface area contributed by atoms with Crippen LogP contribution in [-0.2, 0) is 14.3 Å². The van der Waals surface area contributed by atoms with Crippen LogP contribution in [0.3, 0.4) is 0 Å². The quantitative estimate of drug-likeness (QED) is 0.496. The van der Waals surface area contributed by atoms with Crippen LogP contribution in [0, 0.1) is 5.41 Å². The zero-order valence-corrected chi connectivity index (χ0v) is 20.7. The molecule has 2 aromatic carbocycles. The molecule has 7 nitrogen and oxygen atoms in total.